The molecule has 0 spiro atoms. The van der Waals surface area contributed by atoms with Crippen LogP contribution in [0.15, 0.2) is 0 Å². The normalized spacial score (nSPS) is 44.3. The fraction of sp³-hybridized carbons (Fsp3) is 1.00. The molecule has 4 unspecified atom stereocenters. The second-order valence-corrected chi connectivity index (χ2v) is 7.00. The molecule has 0 radical (unpaired) electrons. The first kappa shape index (κ1) is 13.4. The molecule has 2 aliphatic carbocycles. The van der Waals surface area contributed by atoms with E-state index in [1.165, 1.54) is 51.4 Å². The van der Waals surface area contributed by atoms with E-state index in [1.807, 2.05) is 0 Å². The lowest BCUT2D eigenvalue weighted by molar-refractivity contribution is 0.205. The Hall–Kier alpha value is -0.0400. The molecule has 100 valence electrons. The summed E-state index contributed by atoms with van der Waals surface area (Å²) in [5.74, 6) is 2.75. The van der Waals surface area contributed by atoms with Gasteiger partial charge in [-0.2, -0.15) is 0 Å². The lowest BCUT2D eigenvalue weighted by Gasteiger charge is -2.36. The SMILES string of the molecule is CC1CC(C)CC(NC2CCCCCC2C)C1. The molecule has 0 aromatic rings. The Morgan fingerprint density at radius 2 is 1.41 bits per heavy atom. The summed E-state index contributed by atoms with van der Waals surface area (Å²) < 4.78 is 0. The Balaban J connectivity index is 1.85. The Morgan fingerprint density at radius 1 is 0.765 bits per heavy atom. The smallest absolute Gasteiger partial charge is 0.00952 e. The van der Waals surface area contributed by atoms with E-state index in [4.69, 9.17) is 0 Å². The number of rotatable bonds is 2. The minimum atomic E-state index is 0.805. The van der Waals surface area contributed by atoms with Gasteiger partial charge in [-0.1, -0.05) is 40.0 Å². The average Bonchev–Trinajstić information content (AvgIpc) is 2.43. The highest BCUT2D eigenvalue weighted by atomic mass is 15.0. The fourth-order valence-corrected chi connectivity index (χ4v) is 4.13. The third-order valence-corrected chi connectivity index (χ3v) is 4.99. The summed E-state index contributed by atoms with van der Waals surface area (Å²) in [6.45, 7) is 7.32. The zero-order valence-electron chi connectivity index (χ0n) is 12.0. The van der Waals surface area contributed by atoms with Gasteiger partial charge in [0.05, 0.1) is 0 Å². The highest BCUT2D eigenvalue weighted by Gasteiger charge is 2.27. The molecular formula is C16H31N. The van der Waals surface area contributed by atoms with Crippen LogP contribution in [-0.2, 0) is 0 Å². The first-order valence-electron chi connectivity index (χ1n) is 7.91. The van der Waals surface area contributed by atoms with E-state index in [0.717, 1.165) is 29.8 Å². The molecule has 1 nitrogen and oxygen atoms in total. The van der Waals surface area contributed by atoms with E-state index in [1.54, 1.807) is 0 Å². The molecule has 0 aromatic carbocycles. The Kier molecular flexibility index (Phi) is 4.90. The van der Waals surface area contributed by atoms with E-state index < -0.39 is 0 Å². The van der Waals surface area contributed by atoms with E-state index in [0.29, 0.717) is 0 Å². The summed E-state index contributed by atoms with van der Waals surface area (Å²) in [6.07, 6.45) is 11.5. The van der Waals surface area contributed by atoms with Crippen molar-refractivity contribution < 1.29 is 0 Å². The van der Waals surface area contributed by atoms with Crippen molar-refractivity contribution in [2.75, 3.05) is 0 Å². The third kappa shape index (κ3) is 3.98. The summed E-state index contributed by atoms with van der Waals surface area (Å²) in [4.78, 5) is 0. The quantitative estimate of drug-likeness (QED) is 0.703. The molecule has 0 bridgehead atoms. The van der Waals surface area contributed by atoms with Crippen molar-refractivity contribution in [3.63, 3.8) is 0 Å². The van der Waals surface area contributed by atoms with E-state index in [2.05, 4.69) is 26.1 Å². The fourth-order valence-electron chi connectivity index (χ4n) is 4.13. The molecule has 2 aliphatic rings. The van der Waals surface area contributed by atoms with Crippen LogP contribution in [0, 0.1) is 17.8 Å². The number of nitrogens with one attached hydrogen (secondary N) is 1. The second kappa shape index (κ2) is 6.22. The van der Waals surface area contributed by atoms with Crippen molar-refractivity contribution in [3.8, 4) is 0 Å². The van der Waals surface area contributed by atoms with Gasteiger partial charge < -0.3 is 5.32 Å². The second-order valence-electron chi connectivity index (χ2n) is 7.00. The van der Waals surface area contributed by atoms with Gasteiger partial charge in [-0.05, 0) is 49.9 Å². The van der Waals surface area contributed by atoms with Crippen LogP contribution < -0.4 is 5.32 Å². The lowest BCUT2D eigenvalue weighted by Crippen LogP contribution is -2.45. The highest BCUT2D eigenvalue weighted by molar-refractivity contribution is 4.85. The molecule has 0 amide bonds. The van der Waals surface area contributed by atoms with Crippen molar-refractivity contribution >= 4 is 0 Å². The summed E-state index contributed by atoms with van der Waals surface area (Å²) in [5.41, 5.74) is 0. The highest BCUT2D eigenvalue weighted by Crippen LogP contribution is 2.30. The van der Waals surface area contributed by atoms with Crippen LogP contribution in [0.1, 0.15) is 72.1 Å². The van der Waals surface area contributed by atoms with Crippen LogP contribution in [0.4, 0.5) is 0 Å². The summed E-state index contributed by atoms with van der Waals surface area (Å²) in [7, 11) is 0. The maximum absolute atomic E-state index is 4.01. The van der Waals surface area contributed by atoms with Crippen molar-refractivity contribution in [1.82, 2.24) is 5.32 Å². The maximum Gasteiger partial charge on any atom is 0.00952 e. The monoisotopic (exact) mass is 237 g/mol. The zero-order chi connectivity index (χ0) is 12.3. The van der Waals surface area contributed by atoms with Gasteiger partial charge in [0.25, 0.3) is 0 Å². The molecule has 17 heavy (non-hydrogen) atoms. The van der Waals surface area contributed by atoms with Crippen LogP contribution in [0.25, 0.3) is 0 Å². The van der Waals surface area contributed by atoms with Gasteiger partial charge in [-0.3, -0.25) is 0 Å². The van der Waals surface area contributed by atoms with E-state index >= 15 is 0 Å². The third-order valence-electron chi connectivity index (χ3n) is 4.99. The zero-order valence-corrected chi connectivity index (χ0v) is 12.0. The molecule has 1 heteroatoms. The molecule has 2 rings (SSSR count). The van der Waals surface area contributed by atoms with Crippen LogP contribution in [0.3, 0.4) is 0 Å². The molecule has 0 saturated heterocycles. The Bertz CT molecular complexity index is 216. The van der Waals surface area contributed by atoms with Crippen molar-refractivity contribution in [1.29, 1.82) is 0 Å². The molecule has 2 fully saturated rings. The molecule has 0 aromatic heterocycles. The first-order valence-corrected chi connectivity index (χ1v) is 7.91. The average molecular weight is 237 g/mol. The molecule has 0 heterocycles. The minimum absolute atomic E-state index is 0.805. The summed E-state index contributed by atoms with van der Waals surface area (Å²) in [5, 5.41) is 4.01. The lowest BCUT2D eigenvalue weighted by atomic mass is 9.79. The van der Waals surface area contributed by atoms with Crippen molar-refractivity contribution in [2.45, 2.75) is 84.2 Å². The maximum atomic E-state index is 4.01. The van der Waals surface area contributed by atoms with Gasteiger partial charge in [0.2, 0.25) is 0 Å². The standard InChI is InChI=1S/C16H31N/c1-12-9-13(2)11-15(10-12)17-16-8-6-4-5-7-14(16)3/h12-17H,4-11H2,1-3H3. The molecule has 0 aliphatic heterocycles. The predicted octanol–water partition coefficient (Wildman–Crippen LogP) is 4.37. The molecular weight excluding hydrogens is 206 g/mol. The topological polar surface area (TPSA) is 12.0 Å². The van der Waals surface area contributed by atoms with Crippen molar-refractivity contribution in [2.24, 2.45) is 17.8 Å². The van der Waals surface area contributed by atoms with Gasteiger partial charge in [0.15, 0.2) is 0 Å². The largest absolute Gasteiger partial charge is 0.311 e. The minimum Gasteiger partial charge on any atom is -0.311 e. The molecule has 1 N–H and O–H groups in total. The van der Waals surface area contributed by atoms with Crippen LogP contribution in [-0.4, -0.2) is 12.1 Å². The first-order chi connectivity index (χ1) is 8.15. The van der Waals surface area contributed by atoms with Gasteiger partial charge in [-0.15, -0.1) is 0 Å². The molecule has 4 atom stereocenters. The van der Waals surface area contributed by atoms with Gasteiger partial charge in [-0.25, -0.2) is 0 Å². The number of hydrogen-bond acceptors (Lipinski definition) is 1. The van der Waals surface area contributed by atoms with Crippen LogP contribution >= 0.6 is 0 Å². The predicted molar refractivity (Wildman–Crippen MR) is 75.1 cm³/mol. The van der Waals surface area contributed by atoms with Gasteiger partial charge in [0.1, 0.15) is 0 Å². The summed E-state index contributed by atoms with van der Waals surface area (Å²) in [6, 6.07) is 1.61. The van der Waals surface area contributed by atoms with Crippen LogP contribution in [0.5, 0.6) is 0 Å². The number of hydrogen-bond donors (Lipinski definition) is 1. The van der Waals surface area contributed by atoms with Crippen LogP contribution in [0.2, 0.25) is 0 Å². The Labute approximate surface area is 108 Å². The van der Waals surface area contributed by atoms with Gasteiger partial charge >= 0.3 is 0 Å². The molecule has 2 saturated carbocycles. The van der Waals surface area contributed by atoms with Gasteiger partial charge in [0, 0.05) is 12.1 Å². The van der Waals surface area contributed by atoms with E-state index in [-0.39, 0.29) is 0 Å². The van der Waals surface area contributed by atoms with E-state index in [9.17, 15) is 0 Å². The Morgan fingerprint density at radius 3 is 2.12 bits per heavy atom. The summed E-state index contributed by atoms with van der Waals surface area (Å²) >= 11 is 0. The van der Waals surface area contributed by atoms with Crippen molar-refractivity contribution in [3.05, 3.63) is 0 Å².